The summed E-state index contributed by atoms with van der Waals surface area (Å²) in [7, 11) is -1.78. The van der Waals surface area contributed by atoms with Crippen molar-refractivity contribution in [2.75, 3.05) is 0 Å². The van der Waals surface area contributed by atoms with Gasteiger partial charge in [-0.05, 0) is 32.0 Å². The molecule has 0 aliphatic carbocycles. The summed E-state index contributed by atoms with van der Waals surface area (Å²) < 4.78 is 12.0. The van der Waals surface area contributed by atoms with Gasteiger partial charge in [0.2, 0.25) is 0 Å². The Morgan fingerprint density at radius 2 is 1.91 bits per heavy atom. The van der Waals surface area contributed by atoms with Gasteiger partial charge < -0.3 is 14.3 Å². The van der Waals surface area contributed by atoms with Crippen molar-refractivity contribution in [3.05, 3.63) is 16.1 Å². The number of aromatic nitrogens is 1. The molecule has 6 heteroatoms. The van der Waals surface area contributed by atoms with Crippen LogP contribution in [0.2, 0.25) is 18.1 Å². The summed E-state index contributed by atoms with van der Waals surface area (Å²) in [5.74, 6) is 0. The summed E-state index contributed by atoms with van der Waals surface area (Å²) in [4.78, 5) is 4.67. The molecule has 2 heterocycles. The molecule has 0 radical (unpaired) electrons. The third-order valence-corrected chi connectivity index (χ3v) is 10.6. The van der Waals surface area contributed by atoms with E-state index in [1.165, 1.54) is 11.3 Å². The van der Waals surface area contributed by atoms with Crippen molar-refractivity contribution in [1.82, 2.24) is 4.98 Å². The SMILES string of the molecule is CC1CC(O)(c2nc(CO[Si](C)(C)C(C)(C)C)cs2)CC(C)O1. The van der Waals surface area contributed by atoms with Gasteiger partial charge in [-0.25, -0.2) is 4.98 Å². The first-order chi connectivity index (χ1) is 10.4. The standard InChI is InChI=1S/C17H31NO3SSi/c1-12-8-17(19,9-13(2)21-12)15-18-14(11-22-15)10-20-23(6,7)16(3,4)5/h11-13,19H,8-10H2,1-7H3. The summed E-state index contributed by atoms with van der Waals surface area (Å²) in [6.45, 7) is 15.7. The lowest BCUT2D eigenvalue weighted by Crippen LogP contribution is -2.41. The monoisotopic (exact) mass is 357 g/mol. The molecule has 1 aromatic heterocycles. The molecule has 23 heavy (non-hydrogen) atoms. The molecule has 0 spiro atoms. The summed E-state index contributed by atoms with van der Waals surface area (Å²) in [5, 5.41) is 14.0. The van der Waals surface area contributed by atoms with Crippen LogP contribution in [-0.4, -0.2) is 30.6 Å². The molecule has 1 N–H and O–H groups in total. The first kappa shape index (κ1) is 19.1. The maximum Gasteiger partial charge on any atom is 0.192 e. The van der Waals surface area contributed by atoms with Gasteiger partial charge >= 0.3 is 0 Å². The molecule has 4 nitrogen and oxygen atoms in total. The van der Waals surface area contributed by atoms with Crippen LogP contribution < -0.4 is 0 Å². The Bertz CT molecular complexity index is 528. The molecule has 0 saturated carbocycles. The van der Waals surface area contributed by atoms with Gasteiger partial charge in [0.1, 0.15) is 10.6 Å². The largest absolute Gasteiger partial charge is 0.411 e. The number of rotatable bonds is 4. The van der Waals surface area contributed by atoms with Gasteiger partial charge in [0, 0.05) is 18.2 Å². The fraction of sp³-hybridized carbons (Fsp3) is 0.824. The molecule has 1 aromatic rings. The van der Waals surface area contributed by atoms with E-state index in [0.717, 1.165) is 10.7 Å². The quantitative estimate of drug-likeness (QED) is 0.809. The molecule has 132 valence electrons. The predicted molar refractivity (Wildman–Crippen MR) is 97.2 cm³/mol. The van der Waals surface area contributed by atoms with Gasteiger partial charge in [0.25, 0.3) is 0 Å². The van der Waals surface area contributed by atoms with Gasteiger partial charge in [-0.15, -0.1) is 11.3 Å². The molecule has 2 atom stereocenters. The molecule has 0 amide bonds. The maximum atomic E-state index is 11.0. The van der Waals surface area contributed by atoms with Crippen LogP contribution in [0.4, 0.5) is 0 Å². The van der Waals surface area contributed by atoms with E-state index in [9.17, 15) is 5.11 Å². The lowest BCUT2D eigenvalue weighted by atomic mass is 9.88. The normalized spacial score (nSPS) is 29.7. The molecule has 2 unspecified atom stereocenters. The second-order valence-electron chi connectivity index (χ2n) is 8.39. The minimum Gasteiger partial charge on any atom is -0.411 e. The van der Waals surface area contributed by atoms with Crippen molar-refractivity contribution in [3.63, 3.8) is 0 Å². The number of ether oxygens (including phenoxy) is 1. The highest BCUT2D eigenvalue weighted by atomic mass is 32.1. The zero-order chi connectivity index (χ0) is 17.5. The van der Waals surface area contributed by atoms with Crippen LogP contribution in [0.5, 0.6) is 0 Å². The molecule has 1 saturated heterocycles. The molecule has 1 aliphatic heterocycles. The van der Waals surface area contributed by atoms with Crippen LogP contribution >= 0.6 is 11.3 Å². The van der Waals surface area contributed by atoms with E-state index in [4.69, 9.17) is 9.16 Å². The lowest BCUT2D eigenvalue weighted by Gasteiger charge is -2.37. The van der Waals surface area contributed by atoms with E-state index in [0.29, 0.717) is 19.4 Å². The average Bonchev–Trinajstić information content (AvgIpc) is 2.82. The van der Waals surface area contributed by atoms with E-state index in [-0.39, 0.29) is 17.2 Å². The molecular weight excluding hydrogens is 326 g/mol. The van der Waals surface area contributed by atoms with Crippen LogP contribution in [0.3, 0.4) is 0 Å². The number of hydrogen-bond acceptors (Lipinski definition) is 5. The highest BCUT2D eigenvalue weighted by molar-refractivity contribution is 7.09. The number of aliphatic hydroxyl groups is 1. The van der Waals surface area contributed by atoms with E-state index < -0.39 is 13.9 Å². The second kappa shape index (κ2) is 6.56. The molecular formula is C17H31NO3SSi. The van der Waals surface area contributed by atoms with E-state index in [1.807, 2.05) is 19.2 Å². The Morgan fingerprint density at radius 3 is 2.43 bits per heavy atom. The van der Waals surface area contributed by atoms with E-state index >= 15 is 0 Å². The van der Waals surface area contributed by atoms with Gasteiger partial charge in [-0.1, -0.05) is 20.8 Å². The third kappa shape index (κ3) is 4.42. The zero-order valence-electron chi connectivity index (χ0n) is 15.5. The summed E-state index contributed by atoms with van der Waals surface area (Å²) in [6.07, 6.45) is 1.32. The van der Waals surface area contributed by atoms with Gasteiger partial charge in [-0.3, -0.25) is 0 Å². The smallest absolute Gasteiger partial charge is 0.192 e. The Hall–Kier alpha value is -0.273. The Kier molecular flexibility index (Phi) is 5.43. The van der Waals surface area contributed by atoms with E-state index in [1.54, 1.807) is 0 Å². The van der Waals surface area contributed by atoms with Crippen LogP contribution in [0.15, 0.2) is 5.38 Å². The predicted octanol–water partition coefficient (Wildman–Crippen LogP) is 4.44. The van der Waals surface area contributed by atoms with Crippen molar-refractivity contribution < 1.29 is 14.3 Å². The molecule has 1 aliphatic rings. The van der Waals surface area contributed by atoms with Crippen LogP contribution in [0.25, 0.3) is 0 Å². The summed E-state index contributed by atoms with van der Waals surface area (Å²) in [5.41, 5.74) is 0.0619. The lowest BCUT2D eigenvalue weighted by molar-refractivity contribution is -0.135. The Balaban J connectivity index is 2.06. The van der Waals surface area contributed by atoms with Gasteiger partial charge in [-0.2, -0.15) is 0 Å². The summed E-state index contributed by atoms with van der Waals surface area (Å²) >= 11 is 1.54. The molecule has 0 bridgehead atoms. The van der Waals surface area contributed by atoms with Crippen LogP contribution in [0.1, 0.15) is 58.2 Å². The summed E-state index contributed by atoms with van der Waals surface area (Å²) in [6, 6.07) is 0. The Morgan fingerprint density at radius 1 is 1.35 bits per heavy atom. The minimum absolute atomic E-state index is 0.0552. The van der Waals surface area contributed by atoms with E-state index in [2.05, 4.69) is 38.8 Å². The molecule has 2 rings (SSSR count). The first-order valence-corrected chi connectivity index (χ1v) is 12.2. The first-order valence-electron chi connectivity index (χ1n) is 8.40. The third-order valence-electron chi connectivity index (χ3n) is 5.05. The average molecular weight is 358 g/mol. The highest BCUT2D eigenvalue weighted by Gasteiger charge is 2.41. The van der Waals surface area contributed by atoms with Crippen molar-refractivity contribution in [1.29, 1.82) is 0 Å². The zero-order valence-corrected chi connectivity index (χ0v) is 17.3. The number of hydrogen-bond donors (Lipinski definition) is 1. The van der Waals surface area contributed by atoms with Gasteiger partial charge in [0.15, 0.2) is 8.32 Å². The highest BCUT2D eigenvalue weighted by Crippen LogP contribution is 2.40. The van der Waals surface area contributed by atoms with Crippen LogP contribution in [0, 0.1) is 0 Å². The maximum absolute atomic E-state index is 11.0. The molecule has 0 aromatic carbocycles. The minimum atomic E-state index is -1.78. The van der Waals surface area contributed by atoms with Crippen molar-refractivity contribution in [3.8, 4) is 0 Å². The topological polar surface area (TPSA) is 51.6 Å². The second-order valence-corrected chi connectivity index (χ2v) is 14.1. The Labute approximate surface area is 145 Å². The van der Waals surface area contributed by atoms with Crippen LogP contribution in [-0.2, 0) is 21.4 Å². The fourth-order valence-electron chi connectivity index (χ4n) is 2.76. The van der Waals surface area contributed by atoms with Crippen molar-refractivity contribution in [2.45, 2.75) is 90.0 Å². The number of thiazole rings is 1. The fourth-order valence-corrected chi connectivity index (χ4v) is 4.63. The van der Waals surface area contributed by atoms with Crippen molar-refractivity contribution >= 4 is 19.7 Å². The number of nitrogens with zero attached hydrogens (tertiary/aromatic N) is 1. The van der Waals surface area contributed by atoms with Gasteiger partial charge in [0.05, 0.1) is 24.5 Å². The molecule has 1 fully saturated rings. The van der Waals surface area contributed by atoms with Crippen molar-refractivity contribution in [2.24, 2.45) is 0 Å².